The third-order valence-electron chi connectivity index (χ3n) is 2.59. The minimum Gasteiger partial charge on any atom is -0.375 e. The van der Waals surface area contributed by atoms with Crippen LogP contribution in [0.3, 0.4) is 0 Å². The standard InChI is InChI=1S/C11H22O3/c1-4-11(2,3)14-9-6-10-12-7-5-8-13-10/h10H,4-9H2,1-3H3. The highest BCUT2D eigenvalue weighted by molar-refractivity contribution is 4.65. The Balaban J connectivity index is 2.08. The van der Waals surface area contributed by atoms with Gasteiger partial charge in [-0.2, -0.15) is 0 Å². The zero-order chi connectivity index (χ0) is 10.4. The van der Waals surface area contributed by atoms with Gasteiger partial charge in [-0.3, -0.25) is 0 Å². The summed E-state index contributed by atoms with van der Waals surface area (Å²) in [6.45, 7) is 8.70. The van der Waals surface area contributed by atoms with Gasteiger partial charge in [0.1, 0.15) is 0 Å². The van der Waals surface area contributed by atoms with Crippen molar-refractivity contribution in [1.82, 2.24) is 0 Å². The molecule has 0 atom stereocenters. The highest BCUT2D eigenvalue weighted by atomic mass is 16.7. The summed E-state index contributed by atoms with van der Waals surface area (Å²) in [6.07, 6.45) is 2.83. The van der Waals surface area contributed by atoms with Crippen molar-refractivity contribution in [3.05, 3.63) is 0 Å². The van der Waals surface area contributed by atoms with Crippen molar-refractivity contribution in [2.45, 2.75) is 51.9 Å². The topological polar surface area (TPSA) is 27.7 Å². The second-order valence-corrected chi connectivity index (χ2v) is 4.28. The normalized spacial score (nSPS) is 19.9. The molecule has 0 N–H and O–H groups in total. The van der Waals surface area contributed by atoms with Crippen LogP contribution in [0.4, 0.5) is 0 Å². The fourth-order valence-electron chi connectivity index (χ4n) is 1.24. The van der Waals surface area contributed by atoms with Crippen LogP contribution >= 0.6 is 0 Å². The molecule has 0 aromatic rings. The van der Waals surface area contributed by atoms with Gasteiger partial charge in [0.2, 0.25) is 0 Å². The molecule has 0 spiro atoms. The van der Waals surface area contributed by atoms with Crippen LogP contribution in [-0.2, 0) is 14.2 Å². The van der Waals surface area contributed by atoms with Crippen LogP contribution in [0.15, 0.2) is 0 Å². The van der Waals surface area contributed by atoms with Gasteiger partial charge in [-0.15, -0.1) is 0 Å². The fourth-order valence-corrected chi connectivity index (χ4v) is 1.24. The second-order valence-electron chi connectivity index (χ2n) is 4.28. The third kappa shape index (κ3) is 4.40. The van der Waals surface area contributed by atoms with Crippen molar-refractivity contribution < 1.29 is 14.2 Å². The summed E-state index contributed by atoms with van der Waals surface area (Å²) in [6, 6.07) is 0. The zero-order valence-electron chi connectivity index (χ0n) is 9.54. The molecule has 14 heavy (non-hydrogen) atoms. The molecule has 0 amide bonds. The van der Waals surface area contributed by atoms with E-state index in [4.69, 9.17) is 14.2 Å². The van der Waals surface area contributed by atoms with Crippen LogP contribution in [0.1, 0.15) is 40.0 Å². The molecule has 84 valence electrons. The van der Waals surface area contributed by atoms with E-state index in [-0.39, 0.29) is 11.9 Å². The number of hydrogen-bond donors (Lipinski definition) is 0. The fraction of sp³-hybridized carbons (Fsp3) is 1.00. The summed E-state index contributed by atoms with van der Waals surface area (Å²) in [5.74, 6) is 0. The van der Waals surface area contributed by atoms with E-state index in [9.17, 15) is 0 Å². The van der Waals surface area contributed by atoms with Crippen molar-refractivity contribution in [3.8, 4) is 0 Å². The van der Waals surface area contributed by atoms with Gasteiger partial charge in [-0.25, -0.2) is 0 Å². The summed E-state index contributed by atoms with van der Waals surface area (Å²) < 4.78 is 16.6. The molecule has 0 aliphatic carbocycles. The van der Waals surface area contributed by atoms with Crippen molar-refractivity contribution in [1.29, 1.82) is 0 Å². The predicted molar refractivity (Wildman–Crippen MR) is 55.2 cm³/mol. The van der Waals surface area contributed by atoms with Gasteiger partial charge >= 0.3 is 0 Å². The average molecular weight is 202 g/mol. The maximum absolute atomic E-state index is 5.72. The van der Waals surface area contributed by atoms with Crippen LogP contribution in [0.5, 0.6) is 0 Å². The van der Waals surface area contributed by atoms with Gasteiger partial charge < -0.3 is 14.2 Å². The van der Waals surface area contributed by atoms with E-state index in [1.807, 2.05) is 0 Å². The van der Waals surface area contributed by atoms with Gasteiger partial charge in [0, 0.05) is 6.42 Å². The molecule has 3 heteroatoms. The lowest BCUT2D eigenvalue weighted by Crippen LogP contribution is -2.29. The lowest BCUT2D eigenvalue weighted by molar-refractivity contribution is -0.190. The molecule has 0 saturated carbocycles. The minimum atomic E-state index is -0.0450. The van der Waals surface area contributed by atoms with Gasteiger partial charge in [-0.05, 0) is 26.7 Å². The first-order valence-corrected chi connectivity index (χ1v) is 5.51. The van der Waals surface area contributed by atoms with Crippen molar-refractivity contribution in [2.24, 2.45) is 0 Å². The van der Waals surface area contributed by atoms with Gasteiger partial charge in [0.15, 0.2) is 6.29 Å². The molecule has 1 heterocycles. The largest absolute Gasteiger partial charge is 0.375 e. The predicted octanol–water partition coefficient (Wildman–Crippen LogP) is 2.34. The maximum Gasteiger partial charge on any atom is 0.159 e. The summed E-state index contributed by atoms with van der Waals surface area (Å²) in [7, 11) is 0. The van der Waals surface area contributed by atoms with Crippen molar-refractivity contribution in [2.75, 3.05) is 19.8 Å². The van der Waals surface area contributed by atoms with Crippen LogP contribution in [-0.4, -0.2) is 31.7 Å². The van der Waals surface area contributed by atoms with E-state index >= 15 is 0 Å². The average Bonchev–Trinajstić information content (AvgIpc) is 2.19. The van der Waals surface area contributed by atoms with E-state index in [0.717, 1.165) is 32.5 Å². The monoisotopic (exact) mass is 202 g/mol. The third-order valence-corrected chi connectivity index (χ3v) is 2.59. The molecule has 0 aromatic heterocycles. The Morgan fingerprint density at radius 3 is 2.50 bits per heavy atom. The lowest BCUT2D eigenvalue weighted by atomic mass is 10.1. The Morgan fingerprint density at radius 1 is 1.29 bits per heavy atom. The first-order valence-electron chi connectivity index (χ1n) is 5.51. The number of ether oxygens (including phenoxy) is 3. The second kappa shape index (κ2) is 5.69. The van der Waals surface area contributed by atoms with Crippen LogP contribution in [0.2, 0.25) is 0 Å². The van der Waals surface area contributed by atoms with Crippen molar-refractivity contribution in [3.63, 3.8) is 0 Å². The molecule has 0 bridgehead atoms. The lowest BCUT2D eigenvalue weighted by Gasteiger charge is -2.27. The highest BCUT2D eigenvalue weighted by Gasteiger charge is 2.18. The van der Waals surface area contributed by atoms with E-state index in [2.05, 4.69) is 20.8 Å². The molecular weight excluding hydrogens is 180 g/mol. The highest BCUT2D eigenvalue weighted by Crippen LogP contribution is 2.15. The first kappa shape index (κ1) is 12.0. The molecular formula is C11H22O3. The van der Waals surface area contributed by atoms with Gasteiger partial charge in [-0.1, -0.05) is 6.92 Å². The summed E-state index contributed by atoms with van der Waals surface area (Å²) in [5.41, 5.74) is -0.0192. The maximum atomic E-state index is 5.72. The SMILES string of the molecule is CCC(C)(C)OCCC1OCCCO1. The van der Waals surface area contributed by atoms with Gasteiger partial charge in [0.25, 0.3) is 0 Å². The van der Waals surface area contributed by atoms with Crippen molar-refractivity contribution >= 4 is 0 Å². The number of rotatable bonds is 5. The smallest absolute Gasteiger partial charge is 0.159 e. The Hall–Kier alpha value is -0.120. The minimum absolute atomic E-state index is 0.0192. The van der Waals surface area contributed by atoms with E-state index < -0.39 is 0 Å². The molecule has 1 saturated heterocycles. The molecule has 1 rings (SSSR count). The molecule has 1 aliphatic heterocycles. The molecule has 3 nitrogen and oxygen atoms in total. The first-order chi connectivity index (χ1) is 6.64. The van der Waals surface area contributed by atoms with Gasteiger partial charge in [0.05, 0.1) is 25.4 Å². The Morgan fingerprint density at radius 2 is 1.93 bits per heavy atom. The van der Waals surface area contributed by atoms with Crippen LogP contribution < -0.4 is 0 Å². The molecule has 0 unspecified atom stereocenters. The quantitative estimate of drug-likeness (QED) is 0.685. The Kier molecular flexibility index (Phi) is 4.85. The number of hydrogen-bond acceptors (Lipinski definition) is 3. The zero-order valence-corrected chi connectivity index (χ0v) is 9.54. The van der Waals surface area contributed by atoms with E-state index in [0.29, 0.717) is 6.61 Å². The summed E-state index contributed by atoms with van der Waals surface area (Å²) in [5, 5.41) is 0. The molecule has 1 fully saturated rings. The van der Waals surface area contributed by atoms with E-state index in [1.165, 1.54) is 0 Å². The van der Waals surface area contributed by atoms with Crippen LogP contribution in [0, 0.1) is 0 Å². The summed E-state index contributed by atoms with van der Waals surface area (Å²) >= 11 is 0. The van der Waals surface area contributed by atoms with E-state index in [1.54, 1.807) is 0 Å². The Labute approximate surface area is 86.7 Å². The molecule has 1 aliphatic rings. The van der Waals surface area contributed by atoms with Crippen LogP contribution in [0.25, 0.3) is 0 Å². The molecule has 0 radical (unpaired) electrons. The molecule has 0 aromatic carbocycles. The Bertz CT molecular complexity index is 151. The summed E-state index contributed by atoms with van der Waals surface area (Å²) in [4.78, 5) is 0.